The molecule has 73 heavy (non-hydrogen) atoms. The number of amides is 2. The van der Waals surface area contributed by atoms with Crippen LogP contribution in [0.1, 0.15) is 45.4 Å². The lowest BCUT2D eigenvalue weighted by atomic mass is 10.1. The van der Waals surface area contributed by atoms with Gasteiger partial charge >= 0.3 is 0 Å². The fourth-order valence-electron chi connectivity index (χ4n) is 7.20. The molecule has 1 aromatic carbocycles. The lowest BCUT2D eigenvalue weighted by Gasteiger charge is -2.37. The number of Topliss-reactive ketones (excluding diaryl/α,β-unsaturated/α-hetero) is 1. The van der Waals surface area contributed by atoms with Gasteiger partial charge in [-0.1, -0.05) is 13.3 Å². The third-order valence-corrected chi connectivity index (χ3v) is 11.8. The first-order valence-electron chi connectivity index (χ1n) is 25.2. The number of nitrogens with one attached hydrogen (secondary N) is 2. The lowest BCUT2D eigenvalue weighted by molar-refractivity contribution is -0.136. The molecule has 1 unspecified atom stereocenters. The summed E-state index contributed by atoms with van der Waals surface area (Å²) in [6.07, 6.45) is 3.13. The summed E-state index contributed by atoms with van der Waals surface area (Å²) < 4.78 is 93.4. The Hall–Kier alpha value is -4.22. The number of H-pyrrole nitrogens is 1. The van der Waals surface area contributed by atoms with E-state index in [9.17, 15) is 27.4 Å². The molecule has 25 heteroatoms. The summed E-state index contributed by atoms with van der Waals surface area (Å²) in [5.74, 6) is -0.796. The molecule has 1 saturated heterocycles. The minimum Gasteiger partial charge on any atom is -0.382 e. The number of pyridine rings is 1. The Labute approximate surface area is 428 Å². The molecule has 414 valence electrons. The lowest BCUT2D eigenvalue weighted by Crippen LogP contribution is -2.56. The van der Waals surface area contributed by atoms with Crippen molar-refractivity contribution in [2.24, 2.45) is 0 Å². The molecule has 0 spiro atoms. The number of aryl methyl sites for hydroxylation is 1. The van der Waals surface area contributed by atoms with Crippen LogP contribution in [-0.2, 0) is 83.0 Å². The number of imidazole rings is 1. The molecule has 2 amide bonds. The van der Waals surface area contributed by atoms with Gasteiger partial charge in [-0.3, -0.25) is 18.9 Å². The first-order valence-corrected chi connectivity index (χ1v) is 26.8. The number of fused-ring (bicyclic) bond motifs is 3. The fourth-order valence-corrected chi connectivity index (χ4v) is 7.85. The van der Waals surface area contributed by atoms with Crippen molar-refractivity contribution in [2.45, 2.75) is 52.0 Å². The minimum absolute atomic E-state index is 0.0106. The van der Waals surface area contributed by atoms with E-state index in [0.717, 1.165) is 47.2 Å². The van der Waals surface area contributed by atoms with Crippen LogP contribution in [0.3, 0.4) is 0 Å². The van der Waals surface area contributed by atoms with E-state index < -0.39 is 33.7 Å². The van der Waals surface area contributed by atoms with Crippen LogP contribution in [0.2, 0.25) is 0 Å². The van der Waals surface area contributed by atoms with Gasteiger partial charge in [0.2, 0.25) is 11.8 Å². The number of piperazine rings is 1. The first-order chi connectivity index (χ1) is 35.4. The SMILES string of the molecule is CCCCc1nc2c([nH]1)c(N)nc1ccc(N3CCN(C(=O)C(CS(=O)(=O)O)NC(=O)CCOCCOCCOCCOCCOCCOCCOCCOCCOCCOCCOCCC(C)=O)CC3)cc12. The van der Waals surface area contributed by atoms with E-state index in [2.05, 4.69) is 27.1 Å². The van der Waals surface area contributed by atoms with Crippen molar-refractivity contribution in [1.29, 1.82) is 0 Å². The van der Waals surface area contributed by atoms with Crippen LogP contribution in [0.4, 0.5) is 11.5 Å². The average molecular weight is 1060 g/mol. The summed E-state index contributed by atoms with van der Waals surface area (Å²) in [6, 6.07) is 4.37. The van der Waals surface area contributed by atoms with Crippen molar-refractivity contribution in [3.63, 3.8) is 0 Å². The molecule has 4 rings (SSSR count). The normalized spacial score (nSPS) is 13.6. The summed E-state index contributed by atoms with van der Waals surface area (Å²) in [7, 11) is -4.60. The van der Waals surface area contributed by atoms with Crippen molar-refractivity contribution in [1.82, 2.24) is 25.2 Å². The molecule has 1 aliphatic rings. The van der Waals surface area contributed by atoms with Crippen molar-refractivity contribution < 1.29 is 79.5 Å². The van der Waals surface area contributed by atoms with Crippen molar-refractivity contribution in [3.8, 4) is 0 Å². The van der Waals surface area contributed by atoms with E-state index in [1.807, 2.05) is 18.2 Å². The quantitative estimate of drug-likeness (QED) is 0.0462. The summed E-state index contributed by atoms with van der Waals surface area (Å²) in [5.41, 5.74) is 9.33. The molecular weight excluding hydrogens is 979 g/mol. The Morgan fingerprint density at radius 2 is 1.11 bits per heavy atom. The Balaban J connectivity index is 0.920. The zero-order valence-corrected chi connectivity index (χ0v) is 43.5. The molecule has 0 aliphatic carbocycles. The number of nitrogens with two attached hydrogens (primary N) is 1. The van der Waals surface area contributed by atoms with Gasteiger partial charge in [-0.2, -0.15) is 8.42 Å². The summed E-state index contributed by atoms with van der Waals surface area (Å²) in [5, 5.41) is 3.33. The topological polar surface area (TPSA) is 293 Å². The van der Waals surface area contributed by atoms with Gasteiger partial charge in [-0.15, -0.1) is 0 Å². The number of carbonyl (C=O) groups is 3. The molecular formula is C48H79N7O17S. The molecule has 5 N–H and O–H groups in total. The number of aromatic nitrogens is 3. The molecule has 1 aliphatic heterocycles. The molecule has 0 radical (unpaired) electrons. The van der Waals surface area contributed by atoms with E-state index in [-0.39, 0.29) is 45.1 Å². The molecule has 1 fully saturated rings. The van der Waals surface area contributed by atoms with Crippen LogP contribution in [0.5, 0.6) is 0 Å². The van der Waals surface area contributed by atoms with E-state index in [0.29, 0.717) is 156 Å². The zero-order chi connectivity index (χ0) is 52.4. The molecule has 1 atom stereocenters. The summed E-state index contributed by atoms with van der Waals surface area (Å²) in [4.78, 5) is 53.4. The highest BCUT2D eigenvalue weighted by Crippen LogP contribution is 2.30. The Kier molecular flexibility index (Phi) is 30.8. The first kappa shape index (κ1) is 61.3. The van der Waals surface area contributed by atoms with Crippen molar-refractivity contribution in [3.05, 3.63) is 24.0 Å². The van der Waals surface area contributed by atoms with Gasteiger partial charge in [-0.05, 0) is 31.5 Å². The number of benzene rings is 1. The number of unbranched alkanes of at least 4 members (excludes halogenated alkanes) is 1. The number of ketones is 1. The molecule has 3 heterocycles. The number of ether oxygens (including phenoxy) is 11. The number of rotatable bonds is 44. The number of aromatic amines is 1. The predicted molar refractivity (Wildman–Crippen MR) is 270 cm³/mol. The number of nitrogen functional groups attached to an aromatic ring is 1. The van der Waals surface area contributed by atoms with Crippen LogP contribution in [0, 0.1) is 0 Å². The third kappa shape index (κ3) is 26.2. The second-order valence-corrected chi connectivity index (χ2v) is 18.3. The fraction of sp³-hybridized carbons (Fsp3) is 0.729. The Bertz CT molecular complexity index is 2130. The van der Waals surface area contributed by atoms with Crippen molar-refractivity contribution >= 4 is 61.2 Å². The maximum Gasteiger partial charge on any atom is 0.267 e. The van der Waals surface area contributed by atoms with Crippen molar-refractivity contribution in [2.75, 3.05) is 188 Å². The Morgan fingerprint density at radius 1 is 0.671 bits per heavy atom. The van der Waals surface area contributed by atoms with E-state index >= 15 is 0 Å². The molecule has 24 nitrogen and oxygen atoms in total. The number of anilines is 2. The van der Waals surface area contributed by atoms with Crippen LogP contribution < -0.4 is 16.0 Å². The van der Waals surface area contributed by atoms with Gasteiger partial charge < -0.3 is 77.9 Å². The maximum atomic E-state index is 13.5. The third-order valence-electron chi connectivity index (χ3n) is 11.0. The van der Waals surface area contributed by atoms with Gasteiger partial charge in [0.15, 0.2) is 0 Å². The van der Waals surface area contributed by atoms with Crippen LogP contribution >= 0.6 is 0 Å². The largest absolute Gasteiger partial charge is 0.382 e. The number of carbonyl (C=O) groups excluding carboxylic acids is 3. The van der Waals surface area contributed by atoms with E-state index in [1.165, 1.54) is 11.8 Å². The monoisotopic (exact) mass is 1060 g/mol. The van der Waals surface area contributed by atoms with E-state index in [4.69, 9.17) is 62.8 Å². The molecule has 2 aromatic heterocycles. The standard InChI is InChI=1S/C48H79N7O17S/c1-3-4-5-43-52-45-40-36-39(6-7-41(40)51-47(49)46(45)53-43)54-10-12-55(13-11-54)48(58)42(37-73(59,60)61)50-44(57)9-15-63-17-19-65-21-23-67-25-27-69-29-31-71-33-35-72-34-32-70-30-28-68-26-24-66-22-20-64-18-16-62-14-8-38(2)56/h6-7,36,42H,3-5,8-35,37H2,1-2H3,(H2,49,51)(H,50,57)(H,52,53)(H,59,60,61). The van der Waals surface area contributed by atoms with Gasteiger partial charge in [0.1, 0.15) is 40.3 Å². The van der Waals surface area contributed by atoms with Crippen LogP contribution in [-0.4, -0.2) is 234 Å². The van der Waals surface area contributed by atoms with E-state index in [1.54, 1.807) is 0 Å². The number of hydrogen-bond acceptors (Lipinski definition) is 20. The van der Waals surface area contributed by atoms with Gasteiger partial charge in [0.25, 0.3) is 10.1 Å². The maximum absolute atomic E-state index is 13.5. The van der Waals surface area contributed by atoms with Gasteiger partial charge in [0, 0.05) is 56.5 Å². The number of hydrogen-bond donors (Lipinski definition) is 4. The summed E-state index contributed by atoms with van der Waals surface area (Å²) >= 11 is 0. The van der Waals surface area contributed by atoms with Gasteiger partial charge in [0.05, 0.1) is 151 Å². The second kappa shape index (κ2) is 36.7. The summed E-state index contributed by atoms with van der Waals surface area (Å²) in [6.45, 7) is 13.8. The molecule has 3 aromatic rings. The molecule has 0 bridgehead atoms. The highest BCUT2D eigenvalue weighted by Gasteiger charge is 2.32. The number of nitrogens with zero attached hydrogens (tertiary/aromatic N) is 4. The molecule has 0 saturated carbocycles. The highest BCUT2D eigenvalue weighted by atomic mass is 32.2. The zero-order valence-electron chi connectivity index (χ0n) is 42.7. The van der Waals surface area contributed by atoms with Crippen LogP contribution in [0.25, 0.3) is 21.9 Å². The minimum atomic E-state index is -4.60. The van der Waals surface area contributed by atoms with Crippen LogP contribution in [0.15, 0.2) is 18.2 Å². The average Bonchev–Trinajstić information content (AvgIpc) is 3.81. The highest BCUT2D eigenvalue weighted by molar-refractivity contribution is 7.85. The smallest absolute Gasteiger partial charge is 0.267 e. The van der Waals surface area contributed by atoms with Gasteiger partial charge in [-0.25, -0.2) is 9.97 Å². The second-order valence-electron chi connectivity index (χ2n) is 16.8. The Morgan fingerprint density at radius 3 is 1.53 bits per heavy atom. The predicted octanol–water partition coefficient (Wildman–Crippen LogP) is 1.61.